The van der Waals surface area contributed by atoms with E-state index in [4.69, 9.17) is 4.74 Å². The van der Waals surface area contributed by atoms with Crippen molar-refractivity contribution < 1.29 is 19.4 Å². The van der Waals surface area contributed by atoms with Crippen molar-refractivity contribution >= 4 is 17.4 Å². The Morgan fingerprint density at radius 3 is 1.76 bits per heavy atom. The number of phenols is 1. The minimum Gasteiger partial charge on any atom is -0.507 e. The molecular formula is C28H39NO4. The fourth-order valence-corrected chi connectivity index (χ4v) is 3.33. The molecule has 0 aliphatic carbocycles. The first kappa shape index (κ1) is 26.4. The molecule has 5 heteroatoms. The maximum absolute atomic E-state index is 12.7. The second-order valence-corrected chi connectivity index (χ2v) is 11.8. The van der Waals surface area contributed by atoms with Gasteiger partial charge in [-0.3, -0.25) is 9.59 Å². The zero-order chi connectivity index (χ0) is 25.2. The molecule has 33 heavy (non-hydrogen) atoms. The fraction of sp³-hybridized carbons (Fsp3) is 0.500. The van der Waals surface area contributed by atoms with E-state index in [2.05, 4.69) is 46.9 Å². The highest BCUT2D eigenvalue weighted by atomic mass is 16.5. The number of ketones is 1. The zero-order valence-electron chi connectivity index (χ0n) is 21.6. The SMILES string of the molecule is CC(C)(C)C(=O)COc1ccc(NC(=O)Cc2cc(C(C)(C)C)c(O)c(C(C)(C)C)c2)cc1. The lowest BCUT2D eigenvalue weighted by molar-refractivity contribution is -0.128. The maximum atomic E-state index is 12.7. The van der Waals surface area contributed by atoms with Crippen LogP contribution in [0.4, 0.5) is 5.69 Å². The summed E-state index contributed by atoms with van der Waals surface area (Å²) in [5.41, 5.74) is 2.25. The van der Waals surface area contributed by atoms with Gasteiger partial charge < -0.3 is 15.2 Å². The first-order valence-corrected chi connectivity index (χ1v) is 11.4. The molecule has 0 saturated carbocycles. The van der Waals surface area contributed by atoms with Crippen molar-refractivity contribution in [3.8, 4) is 11.5 Å². The van der Waals surface area contributed by atoms with E-state index in [1.54, 1.807) is 24.3 Å². The fourth-order valence-electron chi connectivity index (χ4n) is 3.33. The van der Waals surface area contributed by atoms with Gasteiger partial charge in [0, 0.05) is 11.1 Å². The van der Waals surface area contributed by atoms with Crippen LogP contribution in [-0.4, -0.2) is 23.4 Å². The predicted octanol–water partition coefficient (Wildman–Crippen LogP) is 6.16. The number of amides is 1. The standard InChI is InChI=1S/C28H39NO4/c1-26(2,3)21-14-18(15-22(25(21)32)27(4,5)6)16-24(31)29-19-10-12-20(13-11-19)33-17-23(30)28(7,8)9/h10-15,32H,16-17H2,1-9H3,(H,29,31). The molecule has 0 atom stereocenters. The highest BCUT2D eigenvalue weighted by Crippen LogP contribution is 2.39. The predicted molar refractivity (Wildman–Crippen MR) is 134 cm³/mol. The highest BCUT2D eigenvalue weighted by Gasteiger charge is 2.27. The third-order valence-electron chi connectivity index (χ3n) is 5.49. The number of phenolic OH excluding ortho intramolecular Hbond substituents is 1. The summed E-state index contributed by atoms with van der Waals surface area (Å²) in [6, 6.07) is 10.8. The molecule has 0 unspecified atom stereocenters. The van der Waals surface area contributed by atoms with Gasteiger partial charge >= 0.3 is 0 Å². The highest BCUT2D eigenvalue weighted by molar-refractivity contribution is 5.92. The molecule has 0 fully saturated rings. The average Bonchev–Trinajstić information content (AvgIpc) is 2.65. The van der Waals surface area contributed by atoms with Crippen LogP contribution in [0, 0.1) is 5.41 Å². The van der Waals surface area contributed by atoms with Crippen LogP contribution in [-0.2, 0) is 26.8 Å². The number of hydrogen-bond acceptors (Lipinski definition) is 4. The van der Waals surface area contributed by atoms with Crippen molar-refractivity contribution in [1.82, 2.24) is 0 Å². The molecule has 0 spiro atoms. The smallest absolute Gasteiger partial charge is 0.228 e. The molecule has 2 rings (SSSR count). The summed E-state index contributed by atoms with van der Waals surface area (Å²) in [6.07, 6.45) is 0.199. The molecule has 5 nitrogen and oxygen atoms in total. The molecule has 1 amide bonds. The number of carbonyl (C=O) groups is 2. The number of hydrogen-bond donors (Lipinski definition) is 2. The van der Waals surface area contributed by atoms with Crippen LogP contribution in [0.1, 0.15) is 79.0 Å². The van der Waals surface area contributed by atoms with E-state index in [-0.39, 0.29) is 35.5 Å². The van der Waals surface area contributed by atoms with Crippen molar-refractivity contribution in [3.63, 3.8) is 0 Å². The molecule has 2 aromatic rings. The molecule has 0 bridgehead atoms. The van der Waals surface area contributed by atoms with E-state index in [1.807, 2.05) is 32.9 Å². The average molecular weight is 454 g/mol. The third kappa shape index (κ3) is 7.34. The number of rotatable bonds is 6. The summed E-state index contributed by atoms with van der Waals surface area (Å²) in [6.45, 7) is 17.9. The molecule has 0 aliphatic rings. The van der Waals surface area contributed by atoms with Crippen LogP contribution in [0.2, 0.25) is 0 Å². The van der Waals surface area contributed by atoms with Gasteiger partial charge in [-0.2, -0.15) is 0 Å². The van der Waals surface area contributed by atoms with Crippen molar-refractivity contribution in [3.05, 3.63) is 53.1 Å². The van der Waals surface area contributed by atoms with Gasteiger partial charge in [0.1, 0.15) is 18.1 Å². The Morgan fingerprint density at radius 1 is 0.848 bits per heavy atom. The van der Waals surface area contributed by atoms with Gasteiger partial charge in [-0.25, -0.2) is 0 Å². The Morgan fingerprint density at radius 2 is 1.33 bits per heavy atom. The quantitative estimate of drug-likeness (QED) is 0.549. The summed E-state index contributed by atoms with van der Waals surface area (Å²) in [4.78, 5) is 24.8. The molecule has 0 saturated heterocycles. The van der Waals surface area contributed by atoms with Gasteiger partial charge in [-0.15, -0.1) is 0 Å². The molecule has 180 valence electrons. The monoisotopic (exact) mass is 453 g/mol. The van der Waals surface area contributed by atoms with Crippen LogP contribution in [0.15, 0.2) is 36.4 Å². The number of carbonyl (C=O) groups excluding carboxylic acids is 2. The Kier molecular flexibility index (Phi) is 7.67. The van der Waals surface area contributed by atoms with Crippen molar-refractivity contribution in [1.29, 1.82) is 0 Å². The first-order chi connectivity index (χ1) is 15.0. The van der Waals surface area contributed by atoms with Gasteiger partial charge in [-0.05, 0) is 51.8 Å². The summed E-state index contributed by atoms with van der Waals surface area (Å²) in [7, 11) is 0. The van der Waals surface area contributed by atoms with Gasteiger partial charge in [0.2, 0.25) is 5.91 Å². The molecule has 0 aliphatic heterocycles. The van der Waals surface area contributed by atoms with Crippen molar-refractivity contribution in [2.75, 3.05) is 11.9 Å². The topological polar surface area (TPSA) is 75.6 Å². The molecular weight excluding hydrogens is 414 g/mol. The Balaban J connectivity index is 2.12. The van der Waals surface area contributed by atoms with E-state index in [0.717, 1.165) is 16.7 Å². The summed E-state index contributed by atoms with van der Waals surface area (Å²) in [5.74, 6) is 0.767. The van der Waals surface area contributed by atoms with E-state index in [9.17, 15) is 14.7 Å². The first-order valence-electron chi connectivity index (χ1n) is 11.4. The van der Waals surface area contributed by atoms with Gasteiger partial charge in [0.05, 0.1) is 6.42 Å². The summed E-state index contributed by atoms with van der Waals surface area (Å²) >= 11 is 0. The number of ether oxygens (including phenoxy) is 1. The van der Waals surface area contributed by atoms with Crippen molar-refractivity contribution in [2.45, 2.75) is 79.6 Å². The number of nitrogens with one attached hydrogen (secondary N) is 1. The second kappa shape index (κ2) is 9.58. The number of benzene rings is 2. The largest absolute Gasteiger partial charge is 0.507 e. The molecule has 2 aromatic carbocycles. The van der Waals surface area contributed by atoms with Crippen LogP contribution >= 0.6 is 0 Å². The normalized spacial score (nSPS) is 12.4. The molecule has 0 radical (unpaired) electrons. The number of anilines is 1. The summed E-state index contributed by atoms with van der Waals surface area (Å²) in [5, 5.41) is 13.8. The number of Topliss-reactive ketones (excluding diaryl/α,β-unsaturated/α-hetero) is 1. The van der Waals surface area contributed by atoms with Crippen LogP contribution in [0.25, 0.3) is 0 Å². The zero-order valence-corrected chi connectivity index (χ0v) is 21.6. The van der Waals surface area contributed by atoms with E-state index in [0.29, 0.717) is 17.2 Å². The second-order valence-electron chi connectivity index (χ2n) is 11.8. The maximum Gasteiger partial charge on any atom is 0.228 e. The van der Waals surface area contributed by atoms with Gasteiger partial charge in [0.25, 0.3) is 0 Å². The van der Waals surface area contributed by atoms with E-state index in [1.165, 1.54) is 0 Å². The van der Waals surface area contributed by atoms with Gasteiger partial charge in [0.15, 0.2) is 5.78 Å². The van der Waals surface area contributed by atoms with Crippen LogP contribution in [0.5, 0.6) is 11.5 Å². The Bertz CT molecular complexity index is 965. The summed E-state index contributed by atoms with van der Waals surface area (Å²) < 4.78 is 5.57. The molecule has 0 aromatic heterocycles. The minimum atomic E-state index is -0.443. The minimum absolute atomic E-state index is 0.0161. The molecule has 0 heterocycles. The Hall–Kier alpha value is -2.82. The van der Waals surface area contributed by atoms with Crippen molar-refractivity contribution in [2.24, 2.45) is 5.41 Å². The Labute approximate surface area is 198 Å². The lowest BCUT2D eigenvalue weighted by atomic mass is 9.78. The lowest BCUT2D eigenvalue weighted by Crippen LogP contribution is -2.26. The van der Waals surface area contributed by atoms with Gasteiger partial charge in [-0.1, -0.05) is 74.4 Å². The van der Waals surface area contributed by atoms with E-state index < -0.39 is 5.41 Å². The van der Waals surface area contributed by atoms with Crippen LogP contribution in [0.3, 0.4) is 0 Å². The third-order valence-corrected chi connectivity index (χ3v) is 5.49. The molecule has 2 N–H and O–H groups in total. The number of aromatic hydroxyl groups is 1. The lowest BCUT2D eigenvalue weighted by Gasteiger charge is -2.28. The van der Waals surface area contributed by atoms with Crippen LogP contribution < -0.4 is 10.1 Å². The van der Waals surface area contributed by atoms with E-state index >= 15 is 0 Å².